The Kier molecular flexibility index (Phi) is 3.75. The van der Waals surface area contributed by atoms with Crippen molar-refractivity contribution < 1.29 is 5.11 Å². The van der Waals surface area contributed by atoms with Crippen LogP contribution in [0.2, 0.25) is 0 Å². The van der Waals surface area contributed by atoms with E-state index in [9.17, 15) is 5.11 Å². The van der Waals surface area contributed by atoms with Gasteiger partial charge in [-0.1, -0.05) is 48.5 Å². The molecule has 1 N–H and O–H groups in total. The molecule has 0 aliphatic carbocycles. The summed E-state index contributed by atoms with van der Waals surface area (Å²) in [5.74, 6) is 0. The lowest BCUT2D eigenvalue weighted by molar-refractivity contribution is 0.169. The molecule has 1 atom stereocenters. The zero-order valence-electron chi connectivity index (χ0n) is 11.2. The summed E-state index contributed by atoms with van der Waals surface area (Å²) < 4.78 is 0. The van der Waals surface area contributed by atoms with E-state index in [1.807, 2.05) is 42.6 Å². The molecule has 2 heteroatoms. The number of rotatable bonds is 4. The summed E-state index contributed by atoms with van der Waals surface area (Å²) in [4.78, 5) is 4.10. The Morgan fingerprint density at radius 3 is 2.65 bits per heavy atom. The summed E-state index contributed by atoms with van der Waals surface area (Å²) in [5.41, 5.74) is 2.17. The van der Waals surface area contributed by atoms with Crippen molar-refractivity contribution in [3.8, 4) is 0 Å². The zero-order chi connectivity index (χ0) is 13.8. The second-order valence-corrected chi connectivity index (χ2v) is 4.98. The van der Waals surface area contributed by atoms with E-state index >= 15 is 0 Å². The maximum atomic E-state index is 10.5. The molecule has 2 aromatic carbocycles. The summed E-state index contributed by atoms with van der Waals surface area (Å²) in [6.45, 7) is 0. The molecule has 0 fully saturated rings. The number of fused-ring (bicyclic) bond motifs is 1. The van der Waals surface area contributed by atoms with Crippen molar-refractivity contribution in [2.75, 3.05) is 0 Å². The molecule has 100 valence electrons. The molecular formula is C18H17NO. The van der Waals surface area contributed by atoms with Gasteiger partial charge in [0, 0.05) is 12.4 Å². The van der Waals surface area contributed by atoms with E-state index in [-0.39, 0.29) is 0 Å². The highest BCUT2D eigenvalue weighted by molar-refractivity contribution is 5.85. The molecule has 0 aliphatic heterocycles. The van der Waals surface area contributed by atoms with Gasteiger partial charge in [-0.15, -0.1) is 0 Å². The van der Waals surface area contributed by atoms with Gasteiger partial charge in [0.25, 0.3) is 0 Å². The first-order valence-corrected chi connectivity index (χ1v) is 6.89. The van der Waals surface area contributed by atoms with Crippen molar-refractivity contribution in [3.05, 3.63) is 78.1 Å². The molecule has 0 radical (unpaired) electrons. The van der Waals surface area contributed by atoms with Crippen molar-refractivity contribution in [1.82, 2.24) is 4.98 Å². The average molecular weight is 263 g/mol. The van der Waals surface area contributed by atoms with Gasteiger partial charge in [0.05, 0.1) is 6.10 Å². The molecule has 0 aliphatic rings. The summed E-state index contributed by atoms with van der Waals surface area (Å²) in [5, 5.41) is 12.8. The largest absolute Gasteiger partial charge is 0.388 e. The second kappa shape index (κ2) is 5.85. The standard InChI is InChI=1S/C18H17NO/c20-18(11-10-14-5-4-12-19-13-14)17-9-3-7-15-6-1-2-8-16(15)17/h1-9,12-13,18,20H,10-11H2. The Labute approximate surface area is 118 Å². The SMILES string of the molecule is OC(CCc1cccnc1)c1cccc2ccccc12. The molecule has 0 amide bonds. The van der Waals surface area contributed by atoms with Gasteiger partial charge in [-0.05, 0) is 40.8 Å². The van der Waals surface area contributed by atoms with Crippen LogP contribution >= 0.6 is 0 Å². The lowest BCUT2D eigenvalue weighted by Gasteiger charge is -2.13. The molecule has 20 heavy (non-hydrogen) atoms. The molecule has 0 spiro atoms. The fourth-order valence-corrected chi connectivity index (χ4v) is 2.55. The molecule has 2 nitrogen and oxygen atoms in total. The zero-order valence-corrected chi connectivity index (χ0v) is 11.2. The van der Waals surface area contributed by atoms with Crippen LogP contribution < -0.4 is 0 Å². The van der Waals surface area contributed by atoms with Crippen LogP contribution in [0.1, 0.15) is 23.7 Å². The van der Waals surface area contributed by atoms with E-state index in [2.05, 4.69) is 23.2 Å². The van der Waals surface area contributed by atoms with Crippen molar-refractivity contribution in [2.24, 2.45) is 0 Å². The van der Waals surface area contributed by atoms with Crippen molar-refractivity contribution >= 4 is 10.8 Å². The van der Waals surface area contributed by atoms with Crippen LogP contribution in [0.4, 0.5) is 0 Å². The summed E-state index contributed by atoms with van der Waals surface area (Å²) in [6.07, 6.45) is 4.72. The Balaban J connectivity index is 1.80. The monoisotopic (exact) mass is 263 g/mol. The Bertz CT molecular complexity index is 689. The maximum Gasteiger partial charge on any atom is 0.0799 e. The Hall–Kier alpha value is -2.19. The highest BCUT2D eigenvalue weighted by Crippen LogP contribution is 2.26. The van der Waals surface area contributed by atoms with Gasteiger partial charge in [0.1, 0.15) is 0 Å². The normalized spacial score (nSPS) is 12.4. The molecule has 1 aromatic heterocycles. The van der Waals surface area contributed by atoms with Gasteiger partial charge in [-0.2, -0.15) is 0 Å². The van der Waals surface area contributed by atoms with Gasteiger partial charge < -0.3 is 5.11 Å². The Morgan fingerprint density at radius 1 is 0.950 bits per heavy atom. The smallest absolute Gasteiger partial charge is 0.0799 e. The minimum Gasteiger partial charge on any atom is -0.388 e. The van der Waals surface area contributed by atoms with E-state index in [0.29, 0.717) is 6.42 Å². The molecule has 0 saturated carbocycles. The highest BCUT2D eigenvalue weighted by Gasteiger charge is 2.10. The van der Waals surface area contributed by atoms with Gasteiger partial charge in [-0.3, -0.25) is 4.98 Å². The van der Waals surface area contributed by atoms with Crippen LogP contribution in [0.15, 0.2) is 67.0 Å². The lowest BCUT2D eigenvalue weighted by Crippen LogP contribution is -2.00. The molecule has 1 heterocycles. The maximum absolute atomic E-state index is 10.5. The average Bonchev–Trinajstić information content (AvgIpc) is 2.53. The first-order valence-electron chi connectivity index (χ1n) is 6.89. The minimum atomic E-state index is -0.443. The predicted octanol–water partition coefficient (Wildman–Crippen LogP) is 3.90. The number of aliphatic hydroxyl groups excluding tert-OH is 1. The van der Waals surface area contributed by atoms with E-state index < -0.39 is 6.10 Å². The fraction of sp³-hybridized carbons (Fsp3) is 0.167. The third-order valence-corrected chi connectivity index (χ3v) is 3.61. The third-order valence-electron chi connectivity index (χ3n) is 3.61. The number of pyridine rings is 1. The van der Waals surface area contributed by atoms with E-state index in [0.717, 1.165) is 22.9 Å². The number of nitrogens with zero attached hydrogens (tertiary/aromatic N) is 1. The quantitative estimate of drug-likeness (QED) is 0.774. The van der Waals surface area contributed by atoms with E-state index in [4.69, 9.17) is 0 Å². The summed E-state index contributed by atoms with van der Waals surface area (Å²) in [7, 11) is 0. The fourth-order valence-electron chi connectivity index (χ4n) is 2.55. The number of benzene rings is 2. The Morgan fingerprint density at radius 2 is 1.80 bits per heavy atom. The predicted molar refractivity (Wildman–Crippen MR) is 81.5 cm³/mol. The summed E-state index contributed by atoms with van der Waals surface area (Å²) >= 11 is 0. The topological polar surface area (TPSA) is 33.1 Å². The van der Waals surface area contributed by atoms with E-state index in [1.54, 1.807) is 6.20 Å². The molecule has 0 saturated heterocycles. The first-order chi connectivity index (χ1) is 9.84. The number of hydrogen-bond acceptors (Lipinski definition) is 2. The van der Waals surface area contributed by atoms with Crippen LogP contribution in [0.5, 0.6) is 0 Å². The first kappa shape index (κ1) is 12.8. The van der Waals surface area contributed by atoms with Crippen LogP contribution in [0.3, 0.4) is 0 Å². The van der Waals surface area contributed by atoms with Gasteiger partial charge in [-0.25, -0.2) is 0 Å². The second-order valence-electron chi connectivity index (χ2n) is 4.98. The lowest BCUT2D eigenvalue weighted by atomic mass is 9.97. The van der Waals surface area contributed by atoms with Crippen molar-refractivity contribution in [1.29, 1.82) is 0 Å². The molecular weight excluding hydrogens is 246 g/mol. The van der Waals surface area contributed by atoms with Gasteiger partial charge in [0.15, 0.2) is 0 Å². The minimum absolute atomic E-state index is 0.443. The van der Waals surface area contributed by atoms with Crippen LogP contribution in [-0.2, 0) is 6.42 Å². The number of aryl methyl sites for hydroxylation is 1. The molecule has 0 bridgehead atoms. The molecule has 1 unspecified atom stereocenters. The molecule has 3 rings (SSSR count). The van der Waals surface area contributed by atoms with Gasteiger partial charge >= 0.3 is 0 Å². The van der Waals surface area contributed by atoms with E-state index in [1.165, 1.54) is 5.39 Å². The summed E-state index contributed by atoms with van der Waals surface area (Å²) in [6, 6.07) is 18.2. The van der Waals surface area contributed by atoms with Crippen LogP contribution in [0.25, 0.3) is 10.8 Å². The van der Waals surface area contributed by atoms with Crippen molar-refractivity contribution in [2.45, 2.75) is 18.9 Å². The van der Waals surface area contributed by atoms with Crippen LogP contribution in [-0.4, -0.2) is 10.1 Å². The number of hydrogen-bond donors (Lipinski definition) is 1. The molecule has 3 aromatic rings. The number of aliphatic hydroxyl groups is 1. The van der Waals surface area contributed by atoms with Gasteiger partial charge in [0.2, 0.25) is 0 Å². The highest BCUT2D eigenvalue weighted by atomic mass is 16.3. The number of aromatic nitrogens is 1. The third kappa shape index (κ3) is 2.70. The van der Waals surface area contributed by atoms with Crippen molar-refractivity contribution in [3.63, 3.8) is 0 Å². The van der Waals surface area contributed by atoms with Crippen LogP contribution in [0, 0.1) is 0 Å².